The lowest BCUT2D eigenvalue weighted by molar-refractivity contribution is -0.148. The number of hydrogen-bond acceptors (Lipinski definition) is 12. The predicted octanol–water partition coefficient (Wildman–Crippen LogP) is 2.14. The number of aliphatic hydroxyl groups is 2. The van der Waals surface area contributed by atoms with Crippen LogP contribution in [0.3, 0.4) is 0 Å². The number of carbonyl (C=O) groups is 1. The summed E-state index contributed by atoms with van der Waals surface area (Å²) in [6.07, 6.45) is -3.41. The number of nitrogens with one attached hydrogen (secondary N) is 1. The molecule has 0 aliphatic carbocycles. The number of aliphatic hydroxyl groups excluding tert-OH is 2. The van der Waals surface area contributed by atoms with Gasteiger partial charge in [0.25, 0.3) is 0 Å². The van der Waals surface area contributed by atoms with Crippen molar-refractivity contribution in [2.75, 3.05) is 18.9 Å². The maximum atomic E-state index is 13.9. The number of nitrogens with two attached hydrogens (primary N) is 1. The highest BCUT2D eigenvalue weighted by Crippen LogP contribution is 2.48. The van der Waals surface area contributed by atoms with Gasteiger partial charge in [-0.05, 0) is 36.6 Å². The lowest BCUT2D eigenvalue weighted by Crippen LogP contribution is -2.46. The van der Waals surface area contributed by atoms with Crippen LogP contribution in [-0.4, -0.2) is 67.8 Å². The quantitative estimate of drug-likeness (QED) is 0.198. The summed E-state index contributed by atoms with van der Waals surface area (Å²) in [6, 6.07) is 11.9. The fourth-order valence-electron chi connectivity index (χ4n) is 4.07. The molecule has 1 fully saturated rings. The van der Waals surface area contributed by atoms with E-state index in [1.54, 1.807) is 30.3 Å². The molecule has 1 saturated heterocycles. The molecular formula is C26H33N6O8P. The van der Waals surface area contributed by atoms with E-state index in [2.05, 4.69) is 15.2 Å². The van der Waals surface area contributed by atoms with Crippen molar-refractivity contribution >= 4 is 25.1 Å². The Morgan fingerprint density at radius 1 is 1.29 bits per heavy atom. The minimum atomic E-state index is -4.41. The van der Waals surface area contributed by atoms with Gasteiger partial charge in [-0.2, -0.15) is 15.4 Å². The van der Waals surface area contributed by atoms with E-state index in [4.69, 9.17) is 24.3 Å². The van der Waals surface area contributed by atoms with Crippen LogP contribution in [-0.2, 0) is 23.4 Å². The molecule has 0 spiro atoms. The normalized spacial score (nSPS) is 24.9. The number of hydrogen-bond donors (Lipinski definition) is 4. The molecule has 0 amide bonds. The molecular weight excluding hydrogens is 555 g/mol. The Hall–Kier alpha value is -3.57. The van der Waals surface area contributed by atoms with Gasteiger partial charge in [0.2, 0.25) is 5.60 Å². The molecule has 14 nitrogen and oxygen atoms in total. The van der Waals surface area contributed by atoms with Gasteiger partial charge in [0.1, 0.15) is 54.6 Å². The zero-order valence-corrected chi connectivity index (χ0v) is 23.9. The van der Waals surface area contributed by atoms with Gasteiger partial charge in [-0.1, -0.05) is 39.0 Å². The highest BCUT2D eigenvalue weighted by atomic mass is 31.2. The number of fused-ring (bicyclic) bond motifs is 1. The van der Waals surface area contributed by atoms with Crippen LogP contribution >= 0.6 is 7.75 Å². The maximum absolute atomic E-state index is 13.9. The lowest BCUT2D eigenvalue weighted by atomic mass is 9.96. The molecule has 220 valence electrons. The van der Waals surface area contributed by atoms with Crippen LogP contribution in [0.2, 0.25) is 0 Å². The molecule has 2 aromatic heterocycles. The Bertz CT molecular complexity index is 1470. The van der Waals surface area contributed by atoms with Gasteiger partial charge < -0.3 is 29.9 Å². The molecule has 41 heavy (non-hydrogen) atoms. The van der Waals surface area contributed by atoms with Crippen molar-refractivity contribution in [2.45, 2.75) is 57.6 Å². The Labute approximate surface area is 236 Å². The molecule has 1 aromatic carbocycles. The largest absolute Gasteiger partial charge is 0.464 e. The number of aromatic nitrogens is 3. The number of nitriles is 1. The second-order valence-electron chi connectivity index (χ2n) is 10.9. The van der Waals surface area contributed by atoms with Crippen LogP contribution in [0.15, 0.2) is 48.8 Å². The van der Waals surface area contributed by atoms with Gasteiger partial charge in [-0.3, -0.25) is 9.32 Å². The first-order valence-corrected chi connectivity index (χ1v) is 14.3. The summed E-state index contributed by atoms with van der Waals surface area (Å²) in [7, 11) is -4.41. The van der Waals surface area contributed by atoms with Crippen molar-refractivity contribution in [1.29, 1.82) is 5.26 Å². The van der Waals surface area contributed by atoms with Crippen molar-refractivity contribution in [3.05, 3.63) is 54.5 Å². The highest BCUT2D eigenvalue weighted by molar-refractivity contribution is 7.52. The topological polar surface area (TPSA) is 204 Å². The van der Waals surface area contributed by atoms with Crippen LogP contribution in [0.1, 0.15) is 39.5 Å². The maximum Gasteiger partial charge on any atom is 0.459 e. The molecule has 0 radical (unpaired) electrons. The molecule has 15 heteroatoms. The average molecular weight is 589 g/mol. The minimum Gasteiger partial charge on any atom is -0.464 e. The third-order valence-corrected chi connectivity index (χ3v) is 7.83. The molecule has 4 rings (SSSR count). The smallest absolute Gasteiger partial charge is 0.459 e. The van der Waals surface area contributed by atoms with E-state index < -0.39 is 50.3 Å². The van der Waals surface area contributed by atoms with Crippen molar-refractivity contribution in [3.63, 3.8) is 0 Å². The monoisotopic (exact) mass is 588 g/mol. The summed E-state index contributed by atoms with van der Waals surface area (Å²) in [5, 5.41) is 38.5. The van der Waals surface area contributed by atoms with E-state index in [0.29, 0.717) is 5.52 Å². The summed E-state index contributed by atoms with van der Waals surface area (Å²) in [4.78, 5) is 16.5. The number of nitrogens with zero attached hydrogens (tertiary/aromatic N) is 4. The third-order valence-electron chi connectivity index (χ3n) is 6.21. The Kier molecular flexibility index (Phi) is 8.70. The summed E-state index contributed by atoms with van der Waals surface area (Å²) >= 11 is 0. The first kappa shape index (κ1) is 30.4. The summed E-state index contributed by atoms with van der Waals surface area (Å²) in [5.41, 5.74) is 4.12. The van der Waals surface area contributed by atoms with Gasteiger partial charge >= 0.3 is 13.7 Å². The summed E-state index contributed by atoms with van der Waals surface area (Å²) < 4.78 is 37.7. The number of ether oxygens (including phenoxy) is 2. The molecule has 0 saturated carbocycles. The van der Waals surface area contributed by atoms with E-state index in [9.17, 15) is 24.8 Å². The predicted molar refractivity (Wildman–Crippen MR) is 145 cm³/mol. The number of anilines is 1. The van der Waals surface area contributed by atoms with Crippen molar-refractivity contribution in [3.8, 4) is 11.8 Å². The van der Waals surface area contributed by atoms with Crippen LogP contribution < -0.4 is 15.3 Å². The minimum absolute atomic E-state index is 0.115. The van der Waals surface area contributed by atoms with Crippen LogP contribution in [0.4, 0.5) is 5.82 Å². The van der Waals surface area contributed by atoms with Crippen LogP contribution in [0.5, 0.6) is 5.75 Å². The van der Waals surface area contributed by atoms with E-state index in [1.165, 1.54) is 29.9 Å². The van der Waals surface area contributed by atoms with Crippen molar-refractivity contribution < 1.29 is 38.1 Å². The molecule has 5 N–H and O–H groups in total. The lowest BCUT2D eigenvalue weighted by Gasteiger charge is -2.28. The number of rotatable bonds is 10. The molecule has 3 aromatic rings. The fraction of sp³-hybridized carbons (Fsp3) is 0.462. The molecule has 0 unspecified atom stereocenters. The number of para-hydroxylation sites is 1. The standard InChI is InChI=1S/C26H33N6O8P/c1-16(24(35)37-13-25(2,3)4)31-41(36,40-17-8-6-5-7-9-17)38-14-26(12-27)22(34)20(33)21(39-26)18-10-11-19-23(28)29-15-30-32(18)19/h5-11,15-16,20-22,33-34H,13-14H2,1-4H3,(H,31,36)(H2,28,29,30)/t16-,20-,21-,22-,26+,41-/m0/s1. The highest BCUT2D eigenvalue weighted by Gasteiger charge is 2.57. The average Bonchev–Trinajstić information content (AvgIpc) is 3.46. The number of nitrogen functional groups attached to an aromatic ring is 1. The SMILES string of the molecule is C[C@H](N[P@](=O)(OC[C@@]1(C#N)O[C@@H](c2ccc3c(N)ncnn23)[C@H](O)[C@@H]1O)Oc1ccccc1)C(=O)OCC(C)(C)C. The van der Waals surface area contributed by atoms with Crippen molar-refractivity contribution in [1.82, 2.24) is 19.7 Å². The van der Waals surface area contributed by atoms with Gasteiger partial charge in [-0.25, -0.2) is 14.1 Å². The van der Waals surface area contributed by atoms with Gasteiger partial charge in [0.05, 0.1) is 12.3 Å². The Morgan fingerprint density at radius 2 is 2.00 bits per heavy atom. The van der Waals surface area contributed by atoms with E-state index in [-0.39, 0.29) is 29.3 Å². The Balaban J connectivity index is 1.57. The second kappa shape index (κ2) is 11.7. The number of esters is 1. The van der Waals surface area contributed by atoms with Gasteiger partial charge in [0.15, 0.2) is 5.82 Å². The molecule has 6 atom stereocenters. The molecule has 3 heterocycles. The zero-order valence-electron chi connectivity index (χ0n) is 23.0. The van der Waals surface area contributed by atoms with Crippen LogP contribution in [0, 0.1) is 16.7 Å². The van der Waals surface area contributed by atoms with E-state index in [1.807, 2.05) is 26.8 Å². The fourth-order valence-corrected chi connectivity index (χ4v) is 5.59. The molecule has 1 aliphatic heterocycles. The Morgan fingerprint density at radius 3 is 2.66 bits per heavy atom. The summed E-state index contributed by atoms with van der Waals surface area (Å²) in [6.45, 7) is 6.39. The second-order valence-corrected chi connectivity index (χ2v) is 12.6. The molecule has 0 bridgehead atoms. The first-order chi connectivity index (χ1) is 19.3. The van der Waals surface area contributed by atoms with Crippen LogP contribution in [0.25, 0.3) is 5.52 Å². The van der Waals surface area contributed by atoms with E-state index >= 15 is 0 Å². The number of carbonyl (C=O) groups excluding carboxylic acids is 1. The zero-order chi connectivity index (χ0) is 30.0. The third kappa shape index (κ3) is 6.68. The van der Waals surface area contributed by atoms with E-state index in [0.717, 1.165) is 0 Å². The van der Waals surface area contributed by atoms with Crippen molar-refractivity contribution in [2.24, 2.45) is 5.41 Å². The number of benzene rings is 1. The molecule has 1 aliphatic rings. The first-order valence-electron chi connectivity index (χ1n) is 12.7. The summed E-state index contributed by atoms with van der Waals surface area (Å²) in [5.74, 6) is -0.383. The van der Waals surface area contributed by atoms with Gasteiger partial charge in [0, 0.05) is 0 Å². The van der Waals surface area contributed by atoms with Gasteiger partial charge in [-0.15, -0.1) is 0 Å².